The second-order valence-corrected chi connectivity index (χ2v) is 2.91. The molecule has 0 unspecified atom stereocenters. The molecule has 0 atom stereocenters. The van der Waals surface area contributed by atoms with Gasteiger partial charge in [-0.2, -0.15) is 4.37 Å². The van der Waals surface area contributed by atoms with Gasteiger partial charge >= 0.3 is 0 Å². The first-order valence-corrected chi connectivity index (χ1v) is 4.10. The summed E-state index contributed by atoms with van der Waals surface area (Å²) < 4.78 is 4.00. The summed E-state index contributed by atoms with van der Waals surface area (Å²) in [4.78, 5) is 10.1. The lowest BCUT2D eigenvalue weighted by molar-refractivity contribution is -0.383. The number of nitro groups is 1. The minimum Gasteiger partial charge on any atom is -0.258 e. The largest absolute Gasteiger partial charge is 0.279 e. The zero-order chi connectivity index (χ0) is 8.55. The lowest BCUT2D eigenvalue weighted by Crippen LogP contribution is -1.87. The summed E-state index contributed by atoms with van der Waals surface area (Å²) in [6.45, 7) is 0. The van der Waals surface area contributed by atoms with E-state index in [0.29, 0.717) is 10.9 Å². The van der Waals surface area contributed by atoms with Crippen molar-refractivity contribution in [1.82, 2.24) is 4.37 Å². The quantitative estimate of drug-likeness (QED) is 0.499. The molecule has 0 spiro atoms. The third kappa shape index (κ3) is 0.947. The molecule has 0 saturated carbocycles. The molecule has 1 heterocycles. The number of aromatic nitrogens is 1. The Hall–Kier alpha value is -1.49. The van der Waals surface area contributed by atoms with E-state index in [1.165, 1.54) is 17.6 Å². The Balaban J connectivity index is 2.82. The topological polar surface area (TPSA) is 56.0 Å². The predicted octanol–water partition coefficient (Wildman–Crippen LogP) is 2.20. The summed E-state index contributed by atoms with van der Waals surface area (Å²) in [6, 6.07) is 4.88. The normalized spacial score (nSPS) is 10.3. The van der Waals surface area contributed by atoms with E-state index in [1.807, 2.05) is 0 Å². The zero-order valence-corrected chi connectivity index (χ0v) is 6.75. The van der Waals surface area contributed by atoms with Crippen molar-refractivity contribution in [2.24, 2.45) is 0 Å². The number of benzene rings is 1. The Morgan fingerprint density at radius 3 is 3.08 bits per heavy atom. The van der Waals surface area contributed by atoms with Gasteiger partial charge < -0.3 is 0 Å². The average Bonchev–Trinajstić information content (AvgIpc) is 2.49. The first-order chi connectivity index (χ1) is 5.79. The minimum absolute atomic E-state index is 0.126. The van der Waals surface area contributed by atoms with Crippen LogP contribution in [0.4, 0.5) is 5.69 Å². The maximum Gasteiger partial charge on any atom is 0.279 e. The van der Waals surface area contributed by atoms with E-state index in [2.05, 4.69) is 4.37 Å². The van der Waals surface area contributed by atoms with Gasteiger partial charge in [-0.1, -0.05) is 6.07 Å². The molecule has 0 aliphatic heterocycles. The Kier molecular flexibility index (Phi) is 1.51. The van der Waals surface area contributed by atoms with Crippen molar-refractivity contribution in [2.75, 3.05) is 0 Å². The van der Waals surface area contributed by atoms with Gasteiger partial charge in [0.15, 0.2) is 0 Å². The van der Waals surface area contributed by atoms with E-state index < -0.39 is 4.92 Å². The van der Waals surface area contributed by atoms with Crippen LogP contribution >= 0.6 is 11.5 Å². The third-order valence-electron chi connectivity index (χ3n) is 1.58. The second kappa shape index (κ2) is 2.53. The number of rotatable bonds is 1. The summed E-state index contributed by atoms with van der Waals surface area (Å²) in [5.74, 6) is 0. The van der Waals surface area contributed by atoms with Crippen LogP contribution in [0, 0.1) is 10.1 Å². The van der Waals surface area contributed by atoms with E-state index in [-0.39, 0.29) is 5.69 Å². The number of non-ortho nitro benzene ring substituents is 1. The lowest BCUT2D eigenvalue weighted by Gasteiger charge is -1.90. The van der Waals surface area contributed by atoms with Gasteiger partial charge in [0, 0.05) is 11.4 Å². The van der Waals surface area contributed by atoms with Crippen molar-refractivity contribution in [1.29, 1.82) is 0 Å². The molecule has 4 nitrogen and oxygen atoms in total. The maximum atomic E-state index is 10.5. The summed E-state index contributed by atoms with van der Waals surface area (Å²) in [6.07, 6.45) is 0. The van der Waals surface area contributed by atoms with E-state index in [1.54, 1.807) is 17.5 Å². The van der Waals surface area contributed by atoms with Gasteiger partial charge in [0.05, 0.1) is 15.8 Å². The van der Waals surface area contributed by atoms with Crippen LogP contribution in [-0.2, 0) is 0 Å². The second-order valence-electron chi connectivity index (χ2n) is 2.28. The Morgan fingerprint density at radius 2 is 2.33 bits per heavy atom. The summed E-state index contributed by atoms with van der Waals surface area (Å²) in [5.41, 5.74) is 0.815. The highest BCUT2D eigenvalue weighted by molar-refractivity contribution is 7.04. The molecule has 60 valence electrons. The fourth-order valence-electron chi connectivity index (χ4n) is 1.04. The molecule has 0 saturated heterocycles. The van der Waals surface area contributed by atoms with Crippen LogP contribution in [0.5, 0.6) is 0 Å². The van der Waals surface area contributed by atoms with Gasteiger partial charge in [-0.25, -0.2) is 0 Å². The van der Waals surface area contributed by atoms with Crippen LogP contribution in [0.15, 0.2) is 23.6 Å². The van der Waals surface area contributed by atoms with Crippen LogP contribution in [0.25, 0.3) is 10.9 Å². The molecule has 2 rings (SSSR count). The summed E-state index contributed by atoms with van der Waals surface area (Å²) >= 11 is 1.23. The highest BCUT2D eigenvalue weighted by atomic mass is 32.1. The number of nitrogens with zero attached hydrogens (tertiary/aromatic N) is 2. The molecule has 5 heteroatoms. The van der Waals surface area contributed by atoms with Crippen molar-refractivity contribution in [2.45, 2.75) is 0 Å². The smallest absolute Gasteiger partial charge is 0.258 e. The van der Waals surface area contributed by atoms with Gasteiger partial charge in [0.25, 0.3) is 5.69 Å². The van der Waals surface area contributed by atoms with Gasteiger partial charge in [0.1, 0.15) is 0 Å². The monoisotopic (exact) mass is 180 g/mol. The maximum absolute atomic E-state index is 10.5. The lowest BCUT2D eigenvalue weighted by atomic mass is 10.2. The van der Waals surface area contributed by atoms with Crippen LogP contribution in [-0.4, -0.2) is 9.30 Å². The van der Waals surface area contributed by atoms with E-state index in [4.69, 9.17) is 0 Å². The van der Waals surface area contributed by atoms with E-state index >= 15 is 0 Å². The van der Waals surface area contributed by atoms with Crippen molar-refractivity contribution < 1.29 is 4.92 Å². The highest BCUT2D eigenvalue weighted by Gasteiger charge is 2.11. The van der Waals surface area contributed by atoms with Crippen molar-refractivity contribution in [3.63, 3.8) is 0 Å². The summed E-state index contributed by atoms with van der Waals surface area (Å²) in [7, 11) is 0. The zero-order valence-electron chi connectivity index (χ0n) is 5.93. The van der Waals surface area contributed by atoms with E-state index in [9.17, 15) is 10.1 Å². The number of nitro benzene ring substituents is 1. The van der Waals surface area contributed by atoms with Crippen LogP contribution in [0.2, 0.25) is 0 Å². The fraction of sp³-hybridized carbons (Fsp3) is 0. The molecule has 0 fully saturated rings. The third-order valence-corrected chi connectivity index (χ3v) is 2.22. The van der Waals surface area contributed by atoms with Crippen molar-refractivity contribution in [3.05, 3.63) is 33.7 Å². The molecule has 0 radical (unpaired) electrons. The minimum atomic E-state index is -0.392. The molecule has 0 aliphatic rings. The summed E-state index contributed by atoms with van der Waals surface area (Å²) in [5, 5.41) is 12.8. The van der Waals surface area contributed by atoms with Crippen molar-refractivity contribution >= 4 is 28.1 Å². The molecule has 0 amide bonds. The molecule has 1 aromatic heterocycles. The first-order valence-electron chi connectivity index (χ1n) is 3.26. The molecule has 0 bridgehead atoms. The molecule has 0 aliphatic carbocycles. The molecule has 0 N–H and O–H groups in total. The molecule has 1 aromatic carbocycles. The predicted molar refractivity (Wildman–Crippen MR) is 46.3 cm³/mol. The highest BCUT2D eigenvalue weighted by Crippen LogP contribution is 2.25. The van der Waals surface area contributed by atoms with Gasteiger partial charge in [-0.05, 0) is 17.6 Å². The Morgan fingerprint density at radius 1 is 1.50 bits per heavy atom. The average molecular weight is 180 g/mol. The molecule has 2 aromatic rings. The molecular weight excluding hydrogens is 176 g/mol. The van der Waals surface area contributed by atoms with Gasteiger partial charge in [-0.15, -0.1) is 0 Å². The van der Waals surface area contributed by atoms with Crippen LogP contribution < -0.4 is 0 Å². The fourth-order valence-corrected chi connectivity index (χ4v) is 1.71. The van der Waals surface area contributed by atoms with Crippen LogP contribution in [0.1, 0.15) is 0 Å². The Bertz CT molecular complexity index is 438. The van der Waals surface area contributed by atoms with Gasteiger partial charge in [0.2, 0.25) is 0 Å². The molecular formula is C7H4N2O2S. The van der Waals surface area contributed by atoms with E-state index in [0.717, 1.165) is 0 Å². The number of hydrogen-bond donors (Lipinski definition) is 0. The number of fused-ring (bicyclic) bond motifs is 1. The van der Waals surface area contributed by atoms with Crippen molar-refractivity contribution in [3.8, 4) is 0 Å². The first kappa shape index (κ1) is 7.17. The SMILES string of the molecule is O=[N+]([O-])c1cccc2nscc12. The van der Waals surface area contributed by atoms with Crippen LogP contribution in [0.3, 0.4) is 0 Å². The number of hydrogen-bond acceptors (Lipinski definition) is 4. The standard InChI is InChI=1S/C7H4N2O2S/c10-9(11)7-3-1-2-6-5(7)4-12-8-6/h1-4H. The molecule has 12 heavy (non-hydrogen) atoms. The van der Waals surface area contributed by atoms with Gasteiger partial charge in [-0.3, -0.25) is 10.1 Å². The Labute approximate surface area is 71.8 Å².